The lowest BCUT2D eigenvalue weighted by Gasteiger charge is -2.35. The first-order chi connectivity index (χ1) is 17.1. The zero-order valence-electron chi connectivity index (χ0n) is 19.6. The molecule has 0 radical (unpaired) electrons. The highest BCUT2D eigenvalue weighted by molar-refractivity contribution is 6.33. The van der Waals surface area contributed by atoms with Crippen LogP contribution in [0.5, 0.6) is 5.75 Å². The summed E-state index contributed by atoms with van der Waals surface area (Å²) < 4.78 is 5.79. The highest BCUT2D eigenvalue weighted by Crippen LogP contribution is 2.21. The second-order valence-corrected chi connectivity index (χ2v) is 8.91. The lowest BCUT2D eigenvalue weighted by Crippen LogP contribution is -2.50. The van der Waals surface area contributed by atoms with Gasteiger partial charge in [0.15, 0.2) is 0 Å². The molecule has 4 rings (SSSR count). The van der Waals surface area contributed by atoms with Gasteiger partial charge >= 0.3 is 0 Å². The average Bonchev–Trinajstić information content (AvgIpc) is 2.90. The summed E-state index contributed by atoms with van der Waals surface area (Å²) in [6.07, 6.45) is 0.192. The van der Waals surface area contributed by atoms with E-state index in [-0.39, 0.29) is 18.2 Å². The number of benzene rings is 3. The molecule has 1 atom stereocenters. The van der Waals surface area contributed by atoms with Crippen molar-refractivity contribution < 1.29 is 14.3 Å². The topological polar surface area (TPSA) is 61.9 Å². The molecule has 0 spiro atoms. The molecule has 35 heavy (non-hydrogen) atoms. The normalized spacial score (nSPS) is 14.8. The van der Waals surface area contributed by atoms with Crippen LogP contribution in [0.25, 0.3) is 0 Å². The van der Waals surface area contributed by atoms with E-state index in [2.05, 4.69) is 10.2 Å². The van der Waals surface area contributed by atoms with Crippen molar-refractivity contribution in [3.63, 3.8) is 0 Å². The molecule has 3 aromatic rings. The Labute approximate surface area is 211 Å². The predicted octanol–water partition coefficient (Wildman–Crippen LogP) is 4.42. The first-order valence-electron chi connectivity index (χ1n) is 11.9. The monoisotopic (exact) mass is 491 g/mol. The highest BCUT2D eigenvalue weighted by atomic mass is 35.5. The van der Waals surface area contributed by atoms with E-state index in [9.17, 15) is 9.59 Å². The molecule has 1 N–H and O–H groups in total. The summed E-state index contributed by atoms with van der Waals surface area (Å²) in [4.78, 5) is 30.3. The second kappa shape index (κ2) is 12.4. The Bertz CT molecular complexity index is 1100. The van der Waals surface area contributed by atoms with Crippen molar-refractivity contribution in [2.45, 2.75) is 12.5 Å². The van der Waals surface area contributed by atoms with E-state index in [1.165, 1.54) is 0 Å². The molecule has 0 aromatic heterocycles. The number of amides is 2. The molecule has 1 aliphatic heterocycles. The molecule has 1 aliphatic rings. The minimum absolute atomic E-state index is 0.0264. The SMILES string of the molecule is O=C(NC(CC(=O)N1CCN(CCOc2ccccc2)CC1)c1ccccc1)c1ccccc1Cl. The maximum atomic E-state index is 13.2. The van der Waals surface area contributed by atoms with E-state index in [4.69, 9.17) is 16.3 Å². The fourth-order valence-corrected chi connectivity index (χ4v) is 4.37. The van der Waals surface area contributed by atoms with Gasteiger partial charge in [-0.1, -0.05) is 72.3 Å². The van der Waals surface area contributed by atoms with Crippen LogP contribution >= 0.6 is 11.6 Å². The highest BCUT2D eigenvalue weighted by Gasteiger charge is 2.26. The Morgan fingerprint density at radius 3 is 2.17 bits per heavy atom. The summed E-state index contributed by atoms with van der Waals surface area (Å²) in [6.45, 7) is 4.34. The smallest absolute Gasteiger partial charge is 0.253 e. The van der Waals surface area contributed by atoms with Gasteiger partial charge in [0.05, 0.1) is 23.0 Å². The van der Waals surface area contributed by atoms with Crippen LogP contribution in [0.4, 0.5) is 0 Å². The van der Waals surface area contributed by atoms with Gasteiger partial charge in [0, 0.05) is 32.7 Å². The average molecular weight is 492 g/mol. The molecule has 0 bridgehead atoms. The van der Waals surface area contributed by atoms with Gasteiger partial charge in [0.2, 0.25) is 5.91 Å². The third-order valence-corrected chi connectivity index (χ3v) is 6.48. The van der Waals surface area contributed by atoms with Crippen molar-refractivity contribution >= 4 is 23.4 Å². The third kappa shape index (κ3) is 7.07. The summed E-state index contributed by atoms with van der Waals surface area (Å²) >= 11 is 6.21. The molecule has 0 saturated carbocycles. The maximum Gasteiger partial charge on any atom is 0.253 e. The maximum absolute atomic E-state index is 13.2. The van der Waals surface area contributed by atoms with Gasteiger partial charge in [-0.15, -0.1) is 0 Å². The van der Waals surface area contributed by atoms with Crippen molar-refractivity contribution in [1.82, 2.24) is 15.1 Å². The van der Waals surface area contributed by atoms with Crippen molar-refractivity contribution in [2.24, 2.45) is 0 Å². The molecule has 6 nitrogen and oxygen atoms in total. The largest absolute Gasteiger partial charge is 0.492 e. The molecule has 7 heteroatoms. The first kappa shape index (κ1) is 24.8. The fourth-order valence-electron chi connectivity index (χ4n) is 4.15. The quantitative estimate of drug-likeness (QED) is 0.481. The Morgan fingerprint density at radius 1 is 0.857 bits per heavy atom. The van der Waals surface area contributed by atoms with Crippen LogP contribution in [0.2, 0.25) is 5.02 Å². The number of piperazine rings is 1. The predicted molar refractivity (Wildman–Crippen MR) is 138 cm³/mol. The number of carbonyl (C=O) groups excluding carboxylic acids is 2. The standard InChI is InChI=1S/C28H30ClN3O3/c29-25-14-8-7-13-24(25)28(34)30-26(22-9-3-1-4-10-22)21-27(33)32-17-15-31(16-18-32)19-20-35-23-11-5-2-6-12-23/h1-14,26H,15-21H2,(H,30,34). The van der Waals surface area contributed by atoms with E-state index >= 15 is 0 Å². The molecule has 1 saturated heterocycles. The van der Waals surface area contributed by atoms with Crippen LogP contribution in [0.15, 0.2) is 84.9 Å². The lowest BCUT2D eigenvalue weighted by molar-refractivity contribution is -0.133. The number of hydrogen-bond acceptors (Lipinski definition) is 4. The fraction of sp³-hybridized carbons (Fsp3) is 0.286. The van der Waals surface area contributed by atoms with E-state index in [1.54, 1.807) is 24.3 Å². The number of rotatable bonds is 9. The van der Waals surface area contributed by atoms with E-state index < -0.39 is 6.04 Å². The van der Waals surface area contributed by atoms with Gasteiger partial charge in [-0.25, -0.2) is 0 Å². The van der Waals surface area contributed by atoms with E-state index in [0.717, 1.165) is 30.9 Å². The molecule has 0 aliphatic carbocycles. The third-order valence-electron chi connectivity index (χ3n) is 6.15. The minimum Gasteiger partial charge on any atom is -0.492 e. The number of hydrogen-bond donors (Lipinski definition) is 1. The Morgan fingerprint density at radius 2 is 1.49 bits per heavy atom. The van der Waals surface area contributed by atoms with Gasteiger partial charge in [-0.05, 0) is 29.8 Å². The Kier molecular flexibility index (Phi) is 8.76. The minimum atomic E-state index is -0.440. The zero-order chi connectivity index (χ0) is 24.5. The van der Waals surface area contributed by atoms with Crippen LogP contribution in [-0.2, 0) is 4.79 Å². The Hall–Kier alpha value is -3.35. The zero-order valence-corrected chi connectivity index (χ0v) is 20.4. The first-order valence-corrected chi connectivity index (χ1v) is 12.3. The van der Waals surface area contributed by atoms with Gasteiger partial charge in [-0.2, -0.15) is 0 Å². The summed E-state index contributed by atoms with van der Waals surface area (Å²) in [7, 11) is 0. The molecular formula is C28H30ClN3O3. The lowest BCUT2D eigenvalue weighted by atomic mass is 10.0. The van der Waals surface area contributed by atoms with Gasteiger partial charge in [0.25, 0.3) is 5.91 Å². The van der Waals surface area contributed by atoms with Crippen molar-refractivity contribution in [3.8, 4) is 5.75 Å². The molecular weight excluding hydrogens is 462 g/mol. The molecule has 1 fully saturated rings. The van der Waals surface area contributed by atoms with Crippen LogP contribution in [0, 0.1) is 0 Å². The Balaban J connectivity index is 1.31. The number of nitrogens with zero attached hydrogens (tertiary/aromatic N) is 2. The molecule has 2 amide bonds. The van der Waals surface area contributed by atoms with Crippen LogP contribution in [-0.4, -0.2) is 60.9 Å². The van der Waals surface area contributed by atoms with Crippen molar-refractivity contribution in [2.75, 3.05) is 39.3 Å². The number of halogens is 1. The summed E-state index contributed by atoms with van der Waals surface area (Å²) in [5, 5.41) is 3.40. The van der Waals surface area contributed by atoms with Crippen molar-refractivity contribution in [1.29, 1.82) is 0 Å². The molecule has 1 unspecified atom stereocenters. The second-order valence-electron chi connectivity index (χ2n) is 8.50. The van der Waals surface area contributed by atoms with E-state index in [0.29, 0.717) is 30.3 Å². The van der Waals surface area contributed by atoms with Crippen LogP contribution in [0.1, 0.15) is 28.4 Å². The summed E-state index contributed by atoms with van der Waals surface area (Å²) in [5.41, 5.74) is 1.28. The number of nitrogens with one attached hydrogen (secondary N) is 1. The van der Waals surface area contributed by atoms with Crippen LogP contribution in [0.3, 0.4) is 0 Å². The number of ether oxygens (including phenoxy) is 1. The van der Waals surface area contributed by atoms with Crippen LogP contribution < -0.4 is 10.1 Å². The van der Waals surface area contributed by atoms with Crippen molar-refractivity contribution in [3.05, 3.63) is 101 Å². The van der Waals surface area contributed by atoms with Gasteiger partial charge < -0.3 is 15.0 Å². The van der Waals surface area contributed by atoms with Gasteiger partial charge in [-0.3, -0.25) is 14.5 Å². The molecule has 182 valence electrons. The summed E-state index contributed by atoms with van der Waals surface area (Å²) in [5.74, 6) is 0.603. The number of carbonyl (C=O) groups is 2. The number of para-hydroxylation sites is 1. The molecule has 1 heterocycles. The molecule has 3 aromatic carbocycles. The van der Waals surface area contributed by atoms with Gasteiger partial charge in [0.1, 0.15) is 12.4 Å². The summed E-state index contributed by atoms with van der Waals surface area (Å²) in [6, 6.07) is 25.8. The van der Waals surface area contributed by atoms with E-state index in [1.807, 2.05) is 65.6 Å².